The maximum absolute atomic E-state index is 11.9. The predicted molar refractivity (Wildman–Crippen MR) is 70.7 cm³/mol. The van der Waals surface area contributed by atoms with Crippen LogP contribution in [0.3, 0.4) is 0 Å². The van der Waals surface area contributed by atoms with Crippen LogP contribution in [0.15, 0.2) is 18.2 Å². The van der Waals surface area contributed by atoms with Gasteiger partial charge in [-0.15, -0.1) is 0 Å². The molecule has 0 saturated heterocycles. The molecule has 0 heterocycles. The van der Waals surface area contributed by atoms with Crippen molar-refractivity contribution in [1.29, 1.82) is 0 Å². The second-order valence-electron chi connectivity index (χ2n) is 4.22. The van der Waals surface area contributed by atoms with Gasteiger partial charge in [0.2, 0.25) is 10.0 Å². The highest BCUT2D eigenvalue weighted by Gasteiger charge is 2.29. The van der Waals surface area contributed by atoms with Gasteiger partial charge >= 0.3 is 12.3 Å². The lowest BCUT2D eigenvalue weighted by atomic mass is 10.2. The number of carbonyl (C=O) groups excluding carboxylic acids is 1. The Kier molecular flexibility index (Phi) is 5.05. The fourth-order valence-corrected chi connectivity index (χ4v) is 1.99. The Morgan fingerprint density at radius 2 is 1.95 bits per heavy atom. The second kappa shape index (κ2) is 6.20. The summed E-state index contributed by atoms with van der Waals surface area (Å²) in [5, 5.41) is 2.11. The predicted octanol–water partition coefficient (Wildman–Crippen LogP) is 2.48. The highest BCUT2D eigenvalue weighted by molar-refractivity contribution is 7.92. The smallest absolute Gasteiger partial charge is 0.422 e. The maximum Gasteiger partial charge on any atom is 0.422 e. The van der Waals surface area contributed by atoms with E-state index in [4.69, 9.17) is 0 Å². The summed E-state index contributed by atoms with van der Waals surface area (Å²) in [6.45, 7) is -0.120. The lowest BCUT2D eigenvalue weighted by molar-refractivity contribution is -0.159. The molecule has 0 aliphatic carbocycles. The Morgan fingerprint density at radius 3 is 2.43 bits per heavy atom. The van der Waals surface area contributed by atoms with Gasteiger partial charge in [-0.25, -0.2) is 13.2 Å². The van der Waals surface area contributed by atoms with Crippen molar-refractivity contribution in [3.8, 4) is 0 Å². The Balaban J connectivity index is 2.70. The Bertz CT molecular complexity index is 629. The molecule has 1 amide bonds. The summed E-state index contributed by atoms with van der Waals surface area (Å²) >= 11 is 0. The molecule has 0 spiro atoms. The first-order valence-corrected chi connectivity index (χ1v) is 7.44. The molecular weight excluding hydrogens is 313 g/mol. The Morgan fingerprint density at radius 1 is 1.33 bits per heavy atom. The number of hydrogen-bond donors (Lipinski definition) is 2. The van der Waals surface area contributed by atoms with E-state index in [9.17, 15) is 26.4 Å². The van der Waals surface area contributed by atoms with Gasteiger partial charge in [0, 0.05) is 5.69 Å². The minimum atomic E-state index is -4.60. The van der Waals surface area contributed by atoms with Crippen molar-refractivity contribution in [3.05, 3.63) is 23.8 Å². The van der Waals surface area contributed by atoms with Crippen LogP contribution in [-0.2, 0) is 14.8 Å². The number of benzene rings is 1. The fourth-order valence-electron chi connectivity index (χ4n) is 1.36. The van der Waals surface area contributed by atoms with E-state index in [1.807, 2.05) is 0 Å². The van der Waals surface area contributed by atoms with Crippen molar-refractivity contribution in [3.63, 3.8) is 0 Å². The van der Waals surface area contributed by atoms with E-state index in [0.717, 1.165) is 6.26 Å². The quantitative estimate of drug-likeness (QED) is 0.890. The molecule has 0 radical (unpaired) electrons. The van der Waals surface area contributed by atoms with Gasteiger partial charge in [-0.05, 0) is 30.7 Å². The zero-order valence-corrected chi connectivity index (χ0v) is 11.9. The molecule has 1 rings (SSSR count). The average Bonchev–Trinajstić information content (AvgIpc) is 2.28. The van der Waals surface area contributed by atoms with Gasteiger partial charge in [0.15, 0.2) is 6.61 Å². The van der Waals surface area contributed by atoms with E-state index in [0.29, 0.717) is 11.3 Å². The van der Waals surface area contributed by atoms with Gasteiger partial charge in [-0.2, -0.15) is 13.2 Å². The van der Waals surface area contributed by atoms with Crippen LogP contribution >= 0.6 is 0 Å². The van der Waals surface area contributed by atoms with Crippen molar-refractivity contribution >= 4 is 27.5 Å². The van der Waals surface area contributed by atoms with Crippen molar-refractivity contribution in [2.45, 2.75) is 13.1 Å². The van der Waals surface area contributed by atoms with Crippen molar-refractivity contribution in [2.75, 3.05) is 22.9 Å². The minimum absolute atomic E-state index is 0.179. The Labute approximate surface area is 119 Å². The lowest BCUT2D eigenvalue weighted by Gasteiger charge is -2.11. The second-order valence-corrected chi connectivity index (χ2v) is 5.97. The monoisotopic (exact) mass is 326 g/mol. The van der Waals surface area contributed by atoms with Gasteiger partial charge < -0.3 is 4.74 Å². The third-order valence-electron chi connectivity index (χ3n) is 2.14. The molecule has 0 unspecified atom stereocenters. The number of amides is 1. The molecule has 6 nitrogen and oxygen atoms in total. The van der Waals surface area contributed by atoms with Gasteiger partial charge in [0.25, 0.3) is 0 Å². The van der Waals surface area contributed by atoms with Crippen molar-refractivity contribution in [1.82, 2.24) is 0 Å². The third kappa shape index (κ3) is 6.84. The summed E-state index contributed by atoms with van der Waals surface area (Å²) in [6, 6.07) is 4.09. The molecule has 2 N–H and O–H groups in total. The number of aryl methyl sites for hydroxylation is 1. The summed E-state index contributed by atoms with van der Waals surface area (Å²) in [5.74, 6) is 0. The minimum Gasteiger partial charge on any atom is -0.440 e. The molecule has 0 bridgehead atoms. The number of anilines is 2. The van der Waals surface area contributed by atoms with Crippen molar-refractivity contribution in [2.24, 2.45) is 0 Å². The number of nitrogens with one attached hydrogen (secondary N) is 2. The van der Waals surface area contributed by atoms with Crippen LogP contribution in [0, 0.1) is 6.92 Å². The zero-order valence-electron chi connectivity index (χ0n) is 11.1. The lowest BCUT2D eigenvalue weighted by Crippen LogP contribution is -2.23. The summed E-state index contributed by atoms with van der Waals surface area (Å²) in [7, 11) is -3.45. The fraction of sp³-hybridized carbons (Fsp3) is 0.364. The highest BCUT2D eigenvalue weighted by atomic mass is 32.2. The number of carbonyl (C=O) groups is 1. The summed E-state index contributed by atoms with van der Waals surface area (Å²) in [5.41, 5.74) is 0.958. The topological polar surface area (TPSA) is 84.5 Å². The SMILES string of the molecule is Cc1cc(NC(=O)OCC(F)(F)F)ccc1NS(C)(=O)=O. The van der Waals surface area contributed by atoms with Gasteiger partial charge in [-0.1, -0.05) is 0 Å². The maximum atomic E-state index is 11.9. The number of hydrogen-bond acceptors (Lipinski definition) is 4. The number of ether oxygens (including phenoxy) is 1. The molecule has 1 aromatic rings. The molecule has 0 atom stereocenters. The molecule has 0 aromatic heterocycles. The normalized spacial score (nSPS) is 11.9. The standard InChI is InChI=1S/C11H13F3N2O4S/c1-7-5-8(3-4-9(7)16-21(2,18)19)15-10(17)20-6-11(12,13)14/h3-5,16H,6H2,1-2H3,(H,15,17). The Hall–Kier alpha value is -1.97. The van der Waals surface area contributed by atoms with E-state index in [1.165, 1.54) is 18.2 Å². The van der Waals surface area contributed by atoms with Crippen LogP contribution in [0.1, 0.15) is 5.56 Å². The molecule has 0 aliphatic rings. The number of rotatable bonds is 4. The van der Waals surface area contributed by atoms with Crippen LogP contribution in [0.25, 0.3) is 0 Å². The molecule has 0 aliphatic heterocycles. The van der Waals surface area contributed by atoms with Crippen LogP contribution < -0.4 is 10.0 Å². The number of alkyl halides is 3. The van der Waals surface area contributed by atoms with E-state index in [1.54, 1.807) is 6.92 Å². The first-order valence-electron chi connectivity index (χ1n) is 5.55. The van der Waals surface area contributed by atoms with Gasteiger partial charge in [0.1, 0.15) is 0 Å². The molecular formula is C11H13F3N2O4S. The molecule has 118 valence electrons. The summed E-state index contributed by atoms with van der Waals surface area (Å²) in [6.07, 6.45) is -4.88. The van der Waals surface area contributed by atoms with Crippen LogP contribution in [-0.4, -0.2) is 33.5 Å². The zero-order chi connectivity index (χ0) is 16.3. The largest absolute Gasteiger partial charge is 0.440 e. The van der Waals surface area contributed by atoms with Crippen molar-refractivity contribution < 1.29 is 31.1 Å². The third-order valence-corrected chi connectivity index (χ3v) is 2.73. The van der Waals surface area contributed by atoms with Gasteiger partial charge in [-0.3, -0.25) is 10.0 Å². The van der Waals surface area contributed by atoms with E-state index >= 15 is 0 Å². The summed E-state index contributed by atoms with van der Waals surface area (Å²) in [4.78, 5) is 11.1. The highest BCUT2D eigenvalue weighted by Crippen LogP contribution is 2.21. The molecule has 21 heavy (non-hydrogen) atoms. The molecule has 10 heteroatoms. The van der Waals surface area contributed by atoms with Crippen LogP contribution in [0.4, 0.5) is 29.3 Å². The first-order chi connectivity index (χ1) is 9.46. The molecule has 0 fully saturated rings. The van der Waals surface area contributed by atoms with E-state index in [-0.39, 0.29) is 5.69 Å². The number of halogens is 3. The molecule has 0 saturated carbocycles. The summed E-state index contributed by atoms with van der Waals surface area (Å²) < 4.78 is 64.0. The van der Waals surface area contributed by atoms with Gasteiger partial charge in [0.05, 0.1) is 11.9 Å². The molecule has 1 aromatic carbocycles. The van der Waals surface area contributed by atoms with Crippen LogP contribution in [0.2, 0.25) is 0 Å². The first kappa shape index (κ1) is 17.1. The van der Waals surface area contributed by atoms with E-state index in [2.05, 4.69) is 14.8 Å². The van der Waals surface area contributed by atoms with E-state index < -0.39 is 28.9 Å². The van der Waals surface area contributed by atoms with Crippen LogP contribution in [0.5, 0.6) is 0 Å². The average molecular weight is 326 g/mol. The number of sulfonamides is 1.